The fourth-order valence-corrected chi connectivity index (χ4v) is 2.29. The molecule has 1 N–H and O–H groups in total. The summed E-state index contributed by atoms with van der Waals surface area (Å²) < 4.78 is 5.64. The van der Waals surface area contributed by atoms with E-state index in [0.29, 0.717) is 18.1 Å². The number of carboxylic acids is 1. The molecule has 0 aliphatic rings. The number of aliphatic carboxylic acids is 1. The minimum Gasteiger partial charge on any atom is -0.478 e. The monoisotopic (exact) mass is 298 g/mol. The maximum absolute atomic E-state index is 11.4. The molecule has 0 spiro atoms. The molecule has 3 heteroatoms. The van der Waals surface area contributed by atoms with E-state index in [1.807, 2.05) is 49.4 Å². The second-order valence-corrected chi connectivity index (χ2v) is 5.86. The zero-order valence-corrected chi connectivity index (χ0v) is 13.2. The number of aryl methyl sites for hydroxylation is 1. The van der Waals surface area contributed by atoms with Crippen LogP contribution in [0.2, 0.25) is 0 Å². The third-order valence-electron chi connectivity index (χ3n) is 3.61. The van der Waals surface area contributed by atoms with E-state index in [4.69, 9.17) is 4.74 Å². The van der Waals surface area contributed by atoms with E-state index in [1.54, 1.807) is 6.07 Å². The van der Waals surface area contributed by atoms with Crippen LogP contribution in [0.25, 0.3) is 0 Å². The Labute approximate surface area is 131 Å². The van der Waals surface area contributed by atoms with Crippen molar-refractivity contribution in [2.45, 2.75) is 39.2 Å². The number of carbonyl (C=O) groups is 1. The van der Waals surface area contributed by atoms with Crippen LogP contribution in [0.1, 0.15) is 36.5 Å². The summed E-state index contributed by atoms with van der Waals surface area (Å²) in [5.74, 6) is 0.105. The topological polar surface area (TPSA) is 46.5 Å². The highest BCUT2D eigenvalue weighted by Crippen LogP contribution is 2.18. The number of hydrogen-bond acceptors (Lipinski definition) is 2. The summed E-state index contributed by atoms with van der Waals surface area (Å²) in [7, 11) is 0. The molecular formula is C19H22O3. The molecule has 0 bridgehead atoms. The lowest BCUT2D eigenvalue weighted by atomic mass is 10.00. The van der Waals surface area contributed by atoms with Gasteiger partial charge in [-0.3, -0.25) is 0 Å². The first-order chi connectivity index (χ1) is 10.5. The van der Waals surface area contributed by atoms with Gasteiger partial charge in [0.25, 0.3) is 0 Å². The van der Waals surface area contributed by atoms with Crippen molar-refractivity contribution < 1.29 is 14.6 Å². The van der Waals surface area contributed by atoms with Crippen LogP contribution in [0.5, 0.6) is 5.75 Å². The standard InChI is InChI=1S/C19H22O3/c1-13(2)16-9-7-15(8-10-16)12-18(19(20)21)22-17-6-4-5-14(3)11-17/h4-11,13,18H,12H2,1-3H3,(H,20,21)/t18-/m0/s1. The Balaban J connectivity index is 2.10. The van der Waals surface area contributed by atoms with Gasteiger partial charge in [-0.2, -0.15) is 0 Å². The van der Waals surface area contributed by atoms with Crippen LogP contribution < -0.4 is 4.74 Å². The molecule has 0 unspecified atom stereocenters. The number of carboxylic acid groups (broad SMARTS) is 1. The van der Waals surface area contributed by atoms with Crippen molar-refractivity contribution in [3.63, 3.8) is 0 Å². The smallest absolute Gasteiger partial charge is 0.345 e. The van der Waals surface area contributed by atoms with Gasteiger partial charge in [-0.1, -0.05) is 50.2 Å². The molecule has 116 valence electrons. The Hall–Kier alpha value is -2.29. The predicted molar refractivity (Wildman–Crippen MR) is 87.5 cm³/mol. The molecule has 3 nitrogen and oxygen atoms in total. The van der Waals surface area contributed by atoms with Gasteiger partial charge in [0.05, 0.1) is 0 Å². The van der Waals surface area contributed by atoms with Gasteiger partial charge in [-0.15, -0.1) is 0 Å². The van der Waals surface area contributed by atoms with Crippen LogP contribution >= 0.6 is 0 Å². The van der Waals surface area contributed by atoms with E-state index >= 15 is 0 Å². The van der Waals surface area contributed by atoms with Crippen molar-refractivity contribution in [3.8, 4) is 5.75 Å². The highest BCUT2D eigenvalue weighted by Gasteiger charge is 2.20. The van der Waals surface area contributed by atoms with Crippen LogP contribution in [0.4, 0.5) is 0 Å². The Morgan fingerprint density at radius 1 is 1.14 bits per heavy atom. The Morgan fingerprint density at radius 2 is 1.82 bits per heavy atom. The van der Waals surface area contributed by atoms with Crippen molar-refractivity contribution in [1.29, 1.82) is 0 Å². The minimum absolute atomic E-state index is 0.349. The molecule has 1 atom stereocenters. The largest absolute Gasteiger partial charge is 0.478 e. The quantitative estimate of drug-likeness (QED) is 0.869. The predicted octanol–water partition coefficient (Wildman–Crippen LogP) is 4.19. The third-order valence-corrected chi connectivity index (χ3v) is 3.61. The zero-order chi connectivity index (χ0) is 16.1. The second-order valence-electron chi connectivity index (χ2n) is 5.86. The SMILES string of the molecule is Cc1cccc(O[C@@H](Cc2ccc(C(C)C)cc2)C(=O)O)c1. The molecule has 2 aromatic carbocycles. The number of hydrogen-bond donors (Lipinski definition) is 1. The fraction of sp³-hybridized carbons (Fsp3) is 0.316. The first-order valence-corrected chi connectivity index (χ1v) is 7.50. The van der Waals surface area contributed by atoms with E-state index in [9.17, 15) is 9.90 Å². The minimum atomic E-state index is -0.950. The molecule has 0 heterocycles. The molecular weight excluding hydrogens is 276 g/mol. The third kappa shape index (κ3) is 4.35. The maximum atomic E-state index is 11.4. The lowest BCUT2D eigenvalue weighted by Gasteiger charge is -2.16. The summed E-state index contributed by atoms with van der Waals surface area (Å²) >= 11 is 0. The molecule has 0 amide bonds. The van der Waals surface area contributed by atoms with Crippen molar-refractivity contribution in [2.75, 3.05) is 0 Å². The molecule has 0 saturated heterocycles. The van der Waals surface area contributed by atoms with Crippen LogP contribution in [0.15, 0.2) is 48.5 Å². The molecule has 0 saturated carbocycles. The molecule has 0 aliphatic heterocycles. The van der Waals surface area contributed by atoms with Gasteiger partial charge in [0, 0.05) is 6.42 Å². The van der Waals surface area contributed by atoms with Crippen molar-refractivity contribution in [3.05, 3.63) is 65.2 Å². The highest BCUT2D eigenvalue weighted by atomic mass is 16.5. The highest BCUT2D eigenvalue weighted by molar-refractivity contribution is 5.73. The van der Waals surface area contributed by atoms with Crippen LogP contribution in [0, 0.1) is 6.92 Å². The average molecular weight is 298 g/mol. The Bertz CT molecular complexity index is 629. The van der Waals surface area contributed by atoms with Gasteiger partial charge >= 0.3 is 5.97 Å². The molecule has 0 aliphatic carbocycles. The second kappa shape index (κ2) is 7.12. The van der Waals surface area contributed by atoms with Gasteiger partial charge in [-0.05, 0) is 41.7 Å². The molecule has 2 rings (SSSR count). The zero-order valence-electron chi connectivity index (χ0n) is 13.2. The molecule has 0 radical (unpaired) electrons. The van der Waals surface area contributed by atoms with E-state index in [2.05, 4.69) is 13.8 Å². The molecule has 22 heavy (non-hydrogen) atoms. The Kier molecular flexibility index (Phi) is 5.21. The van der Waals surface area contributed by atoms with Crippen molar-refractivity contribution >= 4 is 5.97 Å². The van der Waals surface area contributed by atoms with E-state index in [1.165, 1.54) is 5.56 Å². The lowest BCUT2D eigenvalue weighted by Crippen LogP contribution is -2.29. The molecule has 0 aromatic heterocycles. The van der Waals surface area contributed by atoms with Crippen molar-refractivity contribution in [2.24, 2.45) is 0 Å². The first-order valence-electron chi connectivity index (χ1n) is 7.50. The number of ether oxygens (including phenoxy) is 1. The fourth-order valence-electron chi connectivity index (χ4n) is 2.29. The van der Waals surface area contributed by atoms with Crippen molar-refractivity contribution in [1.82, 2.24) is 0 Å². The number of benzene rings is 2. The molecule has 2 aromatic rings. The molecule has 0 fully saturated rings. The van der Waals surface area contributed by atoms with E-state index in [0.717, 1.165) is 11.1 Å². The van der Waals surface area contributed by atoms with Gasteiger partial charge in [0.2, 0.25) is 0 Å². The summed E-state index contributed by atoms with van der Waals surface area (Å²) in [5.41, 5.74) is 3.25. The first kappa shape index (κ1) is 16.1. The van der Waals surface area contributed by atoms with Crippen LogP contribution in [-0.2, 0) is 11.2 Å². The van der Waals surface area contributed by atoms with E-state index < -0.39 is 12.1 Å². The van der Waals surface area contributed by atoms with Gasteiger partial charge in [-0.25, -0.2) is 4.79 Å². The summed E-state index contributed by atoms with van der Waals surface area (Å²) in [5, 5.41) is 9.38. The van der Waals surface area contributed by atoms with Gasteiger partial charge in [0.15, 0.2) is 6.10 Å². The van der Waals surface area contributed by atoms with Gasteiger partial charge in [0.1, 0.15) is 5.75 Å². The van der Waals surface area contributed by atoms with E-state index in [-0.39, 0.29) is 0 Å². The maximum Gasteiger partial charge on any atom is 0.345 e. The Morgan fingerprint density at radius 3 is 2.36 bits per heavy atom. The summed E-state index contributed by atoms with van der Waals surface area (Å²) in [6, 6.07) is 15.5. The summed E-state index contributed by atoms with van der Waals surface area (Å²) in [6.07, 6.45) is -0.534. The lowest BCUT2D eigenvalue weighted by molar-refractivity contribution is -0.145. The summed E-state index contributed by atoms with van der Waals surface area (Å²) in [4.78, 5) is 11.4. The number of rotatable bonds is 6. The average Bonchev–Trinajstić information content (AvgIpc) is 2.47. The summed E-state index contributed by atoms with van der Waals surface area (Å²) in [6.45, 7) is 6.22. The van der Waals surface area contributed by atoms with Crippen LogP contribution in [-0.4, -0.2) is 17.2 Å². The normalized spacial score (nSPS) is 12.2. The van der Waals surface area contributed by atoms with Gasteiger partial charge < -0.3 is 9.84 Å². The van der Waals surface area contributed by atoms with Crippen LogP contribution in [0.3, 0.4) is 0 Å².